The van der Waals surface area contributed by atoms with E-state index in [0.29, 0.717) is 12.0 Å². The van der Waals surface area contributed by atoms with Gasteiger partial charge in [0, 0.05) is 64.7 Å². The molecule has 0 unspecified atom stereocenters. The number of carboxylic acids is 1. The summed E-state index contributed by atoms with van der Waals surface area (Å²) in [6, 6.07) is 4.69. The summed E-state index contributed by atoms with van der Waals surface area (Å²) < 4.78 is 9.60. The Morgan fingerprint density at radius 1 is 0.917 bits per heavy atom. The maximum absolute atomic E-state index is 12.3. The van der Waals surface area contributed by atoms with Crippen LogP contribution in [-0.2, 0) is 30.5 Å². The molecule has 5 aliphatic heterocycles. The minimum absolute atomic E-state index is 0.483. The van der Waals surface area contributed by atoms with Crippen molar-refractivity contribution in [2.45, 2.75) is 57.8 Å². The Balaban J connectivity index is 1.53. The molecule has 0 saturated carbocycles. The summed E-state index contributed by atoms with van der Waals surface area (Å²) in [5.41, 5.74) is 10.5. The van der Waals surface area contributed by atoms with Crippen molar-refractivity contribution in [2.75, 3.05) is 31.1 Å². The minimum atomic E-state index is -0.812. The number of ether oxygens (including phenoxy) is 1. The van der Waals surface area contributed by atoms with Crippen LogP contribution in [0.5, 0.6) is 11.5 Å². The molecule has 0 bridgehead atoms. The minimum Gasteiger partial charge on any atom is -0.478 e. The van der Waals surface area contributed by atoms with E-state index in [1.807, 2.05) is 12.2 Å². The summed E-state index contributed by atoms with van der Waals surface area (Å²) in [7, 11) is 0. The highest BCUT2D eigenvalue weighted by atomic mass is 16.5. The first-order valence-corrected chi connectivity index (χ1v) is 13.8. The van der Waals surface area contributed by atoms with E-state index >= 15 is 0 Å². The average Bonchev–Trinajstić information content (AvgIpc) is 3.38. The lowest BCUT2D eigenvalue weighted by molar-refractivity contribution is -0.132. The number of benzene rings is 2. The first-order chi connectivity index (χ1) is 17.7. The van der Waals surface area contributed by atoms with Crippen LogP contribution in [-0.4, -0.2) is 37.3 Å². The summed E-state index contributed by atoms with van der Waals surface area (Å²) in [6.07, 6.45) is 13.4. The molecule has 182 valence electrons. The van der Waals surface area contributed by atoms with Gasteiger partial charge in [-0.3, -0.25) is 0 Å². The van der Waals surface area contributed by atoms with E-state index in [-0.39, 0.29) is 0 Å². The van der Waals surface area contributed by atoms with Gasteiger partial charge >= 0.3 is 5.97 Å². The fourth-order valence-electron chi connectivity index (χ4n) is 7.75. The number of nitrogens with zero attached hydrogens (tertiary/aromatic N) is 2. The molecule has 5 nitrogen and oxygen atoms in total. The second-order valence-corrected chi connectivity index (χ2v) is 11.1. The number of aliphatic carboxylic acids is 1. The number of allylic oxidation sites excluding steroid dienone is 3. The summed E-state index contributed by atoms with van der Waals surface area (Å²) in [4.78, 5) is 14.9. The standard InChI is InChI=1S/C31H30N2O3/c34-31(35)21-9-1-8-20(21)26-24-16-18-6-2-12-32-14-4-10-22(27(18)32)29(24)36-30-23-11-5-15-33-13-3-7-19(28(23)33)17-25(26)30/h1,8,16-17H,2-7,9-15H2/p+1. The van der Waals surface area contributed by atoms with E-state index < -0.39 is 5.97 Å². The Morgan fingerprint density at radius 3 is 2.56 bits per heavy atom. The molecular formula is C31H31N2O3+. The number of carbonyl (C=O) groups is 1. The molecule has 8 rings (SSSR count). The monoisotopic (exact) mass is 479 g/mol. The number of hydrogen-bond acceptors (Lipinski definition) is 3. The van der Waals surface area contributed by atoms with Crippen LogP contribution in [0.15, 0.2) is 35.4 Å². The van der Waals surface area contributed by atoms with Gasteiger partial charge in [0.25, 0.3) is 0 Å². The first kappa shape index (κ1) is 20.8. The molecule has 6 aliphatic rings. The largest absolute Gasteiger partial charge is 0.478 e. The lowest BCUT2D eigenvalue weighted by Crippen LogP contribution is -2.45. The number of anilines is 1. The van der Waals surface area contributed by atoms with Gasteiger partial charge in [-0.15, -0.1) is 0 Å². The van der Waals surface area contributed by atoms with Crippen LogP contribution in [0.1, 0.15) is 59.9 Å². The van der Waals surface area contributed by atoms with Gasteiger partial charge in [0.1, 0.15) is 24.6 Å². The predicted octanol–water partition coefficient (Wildman–Crippen LogP) is 3.41. The van der Waals surface area contributed by atoms with E-state index in [1.54, 1.807) is 0 Å². The number of carboxylic acid groups (broad SMARTS) is 1. The number of aryl methyl sites for hydroxylation is 2. The summed E-state index contributed by atoms with van der Waals surface area (Å²) >= 11 is 0. The molecule has 0 fully saturated rings. The maximum atomic E-state index is 12.3. The quantitative estimate of drug-likeness (QED) is 0.671. The van der Waals surface area contributed by atoms with Gasteiger partial charge in [-0.2, -0.15) is 0 Å². The molecular weight excluding hydrogens is 448 g/mol. The van der Waals surface area contributed by atoms with Crippen molar-refractivity contribution in [1.29, 1.82) is 0 Å². The molecule has 0 radical (unpaired) electrons. The Labute approximate surface area is 210 Å². The van der Waals surface area contributed by atoms with Gasteiger partial charge in [-0.05, 0) is 68.2 Å². The average molecular weight is 480 g/mol. The predicted molar refractivity (Wildman–Crippen MR) is 140 cm³/mol. The first-order valence-electron chi connectivity index (χ1n) is 13.8. The zero-order valence-corrected chi connectivity index (χ0v) is 20.7. The molecule has 2 aromatic carbocycles. The van der Waals surface area contributed by atoms with E-state index in [1.165, 1.54) is 46.1 Å². The number of hydrogen-bond donors (Lipinski definition) is 1. The van der Waals surface area contributed by atoms with Crippen molar-refractivity contribution < 1.29 is 14.6 Å². The SMILES string of the molecule is O=C(O)C1=C(C2=c3cc4c5c(c3Oc3c2cc2c6c3CCCN6CCC2)CCC[N+]=5CCC4)C=CC1. The van der Waals surface area contributed by atoms with Crippen LogP contribution in [0.4, 0.5) is 5.69 Å². The molecule has 0 amide bonds. The third kappa shape index (κ3) is 2.77. The molecule has 5 heteroatoms. The van der Waals surface area contributed by atoms with Crippen LogP contribution in [0.2, 0.25) is 0 Å². The zero-order chi connectivity index (χ0) is 24.0. The molecule has 5 heterocycles. The topological polar surface area (TPSA) is 52.8 Å². The van der Waals surface area contributed by atoms with Crippen LogP contribution >= 0.6 is 0 Å². The van der Waals surface area contributed by atoms with Gasteiger partial charge in [0.05, 0.1) is 5.56 Å². The van der Waals surface area contributed by atoms with E-state index in [4.69, 9.17) is 4.74 Å². The molecule has 2 aromatic rings. The fourth-order valence-corrected chi connectivity index (χ4v) is 7.75. The normalized spacial score (nSPS) is 21.1. The van der Waals surface area contributed by atoms with Crippen LogP contribution < -0.4 is 24.8 Å². The van der Waals surface area contributed by atoms with Gasteiger partial charge in [-0.25, -0.2) is 9.37 Å². The van der Waals surface area contributed by atoms with Crippen LogP contribution in [0.3, 0.4) is 0 Å². The molecule has 1 aliphatic carbocycles. The Kier molecular flexibility index (Phi) is 4.38. The van der Waals surface area contributed by atoms with Gasteiger partial charge < -0.3 is 14.7 Å². The smallest absolute Gasteiger partial charge is 0.332 e. The van der Waals surface area contributed by atoms with Crippen molar-refractivity contribution in [3.05, 3.63) is 73.8 Å². The Bertz CT molecular complexity index is 1570. The van der Waals surface area contributed by atoms with Gasteiger partial charge in [0.15, 0.2) is 0 Å². The molecule has 0 saturated heterocycles. The van der Waals surface area contributed by atoms with Crippen LogP contribution in [0.25, 0.3) is 5.57 Å². The highest BCUT2D eigenvalue weighted by molar-refractivity contribution is 5.99. The highest BCUT2D eigenvalue weighted by Gasteiger charge is 2.36. The fraction of sp³-hybridized carbons (Fsp3) is 0.419. The molecule has 1 N–H and O–H groups in total. The van der Waals surface area contributed by atoms with E-state index in [2.05, 4.69) is 21.6 Å². The third-order valence-corrected chi connectivity index (χ3v) is 9.15. The second-order valence-electron chi connectivity index (χ2n) is 11.1. The van der Waals surface area contributed by atoms with Crippen molar-refractivity contribution in [3.63, 3.8) is 0 Å². The van der Waals surface area contributed by atoms with Crippen molar-refractivity contribution >= 4 is 17.2 Å². The Morgan fingerprint density at radius 2 is 1.69 bits per heavy atom. The lowest BCUT2D eigenvalue weighted by Gasteiger charge is -2.39. The van der Waals surface area contributed by atoms with Crippen molar-refractivity contribution in [3.8, 4) is 11.5 Å². The van der Waals surface area contributed by atoms with Crippen molar-refractivity contribution in [1.82, 2.24) is 4.58 Å². The lowest BCUT2D eigenvalue weighted by atomic mass is 9.82. The highest BCUT2D eigenvalue weighted by Crippen LogP contribution is 2.49. The number of fused-ring (bicyclic) bond motifs is 4. The van der Waals surface area contributed by atoms with Gasteiger partial charge in [-0.1, -0.05) is 12.2 Å². The summed E-state index contributed by atoms with van der Waals surface area (Å²) in [5.74, 6) is 1.17. The van der Waals surface area contributed by atoms with Crippen molar-refractivity contribution in [2.24, 2.45) is 0 Å². The molecule has 0 aromatic heterocycles. The molecule has 36 heavy (non-hydrogen) atoms. The van der Waals surface area contributed by atoms with E-state index in [0.717, 1.165) is 98.1 Å². The summed E-state index contributed by atoms with van der Waals surface area (Å²) in [6.45, 7) is 4.49. The molecule has 0 atom stereocenters. The summed E-state index contributed by atoms with van der Waals surface area (Å²) in [5, 5.41) is 12.6. The second kappa shape index (κ2) is 7.58. The number of rotatable bonds is 2. The molecule has 0 spiro atoms. The third-order valence-electron chi connectivity index (χ3n) is 9.15. The van der Waals surface area contributed by atoms with Gasteiger partial charge in [0.2, 0.25) is 5.36 Å². The van der Waals surface area contributed by atoms with E-state index in [9.17, 15) is 9.90 Å². The maximum Gasteiger partial charge on any atom is 0.332 e. The Hall–Kier alpha value is -3.34. The zero-order valence-electron chi connectivity index (χ0n) is 20.7. The van der Waals surface area contributed by atoms with Crippen LogP contribution in [0, 0.1) is 0 Å².